The number of rotatable bonds is 7. The molecule has 0 bridgehead atoms. The number of nitrogens with zero attached hydrogens (tertiary/aromatic N) is 6. The molecule has 0 unspecified atom stereocenters. The van der Waals surface area contributed by atoms with E-state index in [4.69, 9.17) is 4.52 Å². The van der Waals surface area contributed by atoms with Crippen LogP contribution in [0.3, 0.4) is 0 Å². The Morgan fingerprint density at radius 2 is 1.90 bits per heavy atom. The number of nitriles is 1. The third-order valence-corrected chi connectivity index (χ3v) is 9.12. The lowest BCUT2D eigenvalue weighted by Crippen LogP contribution is -2.45. The van der Waals surface area contributed by atoms with Gasteiger partial charge in [0.25, 0.3) is 5.89 Å². The minimum absolute atomic E-state index is 0.0823. The molecule has 0 saturated heterocycles. The van der Waals surface area contributed by atoms with Crippen LogP contribution in [0.4, 0.5) is 5.69 Å². The van der Waals surface area contributed by atoms with Gasteiger partial charge in [-0.15, -0.1) is 0 Å². The Balaban J connectivity index is 1.50. The van der Waals surface area contributed by atoms with Crippen molar-refractivity contribution < 1.29 is 12.9 Å². The third-order valence-electron chi connectivity index (χ3n) is 7.17. The van der Waals surface area contributed by atoms with Gasteiger partial charge in [0.15, 0.2) is 5.82 Å². The molecular formula is C30H27N7O3S. The maximum Gasteiger partial charge on any atom is 0.259 e. The second kappa shape index (κ2) is 11.0. The summed E-state index contributed by atoms with van der Waals surface area (Å²) in [6.45, 7) is 2.65. The number of aromatic nitrogens is 4. The van der Waals surface area contributed by atoms with E-state index >= 15 is 0 Å². The van der Waals surface area contributed by atoms with Crippen LogP contribution in [-0.2, 0) is 29.5 Å². The standard InChI is InChI=1S/C30H27N7O3S/c1-21-34-30(40-35-21)27-9-5-6-10-29(27)41(38,39)37-17-24-13-23(15-31)11-12-28(24)36(18-25-16-32-20-33-25)19-26(37)14-22-7-3-2-4-8-22/h2-13,16,20,26H,14,17-19H2,1H3,(H,32,33)/t26-/m1/s1. The highest BCUT2D eigenvalue weighted by Crippen LogP contribution is 2.36. The fourth-order valence-corrected chi connectivity index (χ4v) is 7.07. The van der Waals surface area contributed by atoms with E-state index in [1.807, 2.05) is 42.6 Å². The molecule has 1 aliphatic heterocycles. The predicted octanol–water partition coefficient (Wildman–Crippen LogP) is 4.46. The highest BCUT2D eigenvalue weighted by atomic mass is 32.2. The molecule has 1 atom stereocenters. The number of aromatic amines is 1. The van der Waals surface area contributed by atoms with Crippen LogP contribution in [0.2, 0.25) is 0 Å². The molecule has 5 aromatic rings. The summed E-state index contributed by atoms with van der Waals surface area (Å²) < 4.78 is 36.3. The monoisotopic (exact) mass is 565 g/mol. The topological polar surface area (TPSA) is 132 Å². The van der Waals surface area contributed by atoms with Crippen LogP contribution in [0, 0.1) is 18.3 Å². The summed E-state index contributed by atoms with van der Waals surface area (Å²) in [5, 5.41) is 13.5. The van der Waals surface area contributed by atoms with Gasteiger partial charge >= 0.3 is 0 Å². The highest BCUT2D eigenvalue weighted by molar-refractivity contribution is 7.89. The van der Waals surface area contributed by atoms with Gasteiger partial charge in [0.2, 0.25) is 10.0 Å². The number of benzene rings is 3. The molecule has 0 amide bonds. The number of nitrogens with one attached hydrogen (secondary N) is 1. The summed E-state index contributed by atoms with van der Waals surface area (Å²) in [4.78, 5) is 13.9. The Hall–Kier alpha value is -4.79. The summed E-state index contributed by atoms with van der Waals surface area (Å²) >= 11 is 0. The Morgan fingerprint density at radius 3 is 2.63 bits per heavy atom. The van der Waals surface area contributed by atoms with Crippen molar-refractivity contribution in [2.75, 3.05) is 11.4 Å². The first-order valence-corrected chi connectivity index (χ1v) is 14.6. The Labute approximate surface area is 237 Å². The molecule has 0 radical (unpaired) electrons. The van der Waals surface area contributed by atoms with Crippen molar-refractivity contribution in [3.63, 3.8) is 0 Å². The molecule has 0 spiro atoms. The molecule has 3 aromatic carbocycles. The number of hydrogen-bond acceptors (Lipinski definition) is 8. The van der Waals surface area contributed by atoms with Crippen LogP contribution in [0.5, 0.6) is 0 Å². The fraction of sp³-hybridized carbons (Fsp3) is 0.200. The first-order valence-electron chi connectivity index (χ1n) is 13.1. The number of hydrogen-bond donors (Lipinski definition) is 1. The van der Waals surface area contributed by atoms with Gasteiger partial charge in [0.05, 0.1) is 40.7 Å². The smallest absolute Gasteiger partial charge is 0.259 e. The molecule has 1 N–H and O–H groups in total. The minimum Gasteiger partial charge on any atom is -0.364 e. The molecule has 11 heteroatoms. The van der Waals surface area contributed by atoms with Crippen molar-refractivity contribution in [1.29, 1.82) is 5.26 Å². The number of aryl methyl sites for hydroxylation is 1. The zero-order chi connectivity index (χ0) is 28.4. The van der Waals surface area contributed by atoms with Crippen molar-refractivity contribution in [2.24, 2.45) is 0 Å². The van der Waals surface area contributed by atoms with Crippen molar-refractivity contribution >= 4 is 15.7 Å². The van der Waals surface area contributed by atoms with E-state index in [-0.39, 0.29) is 17.3 Å². The SMILES string of the molecule is Cc1noc(-c2ccccc2S(=O)(=O)N2Cc3cc(C#N)ccc3N(Cc3c[nH]cn3)C[C@H]2Cc2ccccc2)n1. The zero-order valence-corrected chi connectivity index (χ0v) is 23.1. The lowest BCUT2D eigenvalue weighted by molar-refractivity contribution is 0.318. The van der Waals surface area contributed by atoms with E-state index in [1.165, 1.54) is 0 Å². The van der Waals surface area contributed by atoms with Gasteiger partial charge in [-0.1, -0.05) is 47.6 Å². The number of sulfonamides is 1. The van der Waals surface area contributed by atoms with Crippen LogP contribution >= 0.6 is 0 Å². The summed E-state index contributed by atoms with van der Waals surface area (Å²) in [6.07, 6.45) is 3.94. The summed E-state index contributed by atoms with van der Waals surface area (Å²) in [5.74, 6) is 0.555. The van der Waals surface area contributed by atoms with E-state index in [0.29, 0.717) is 36.5 Å². The minimum atomic E-state index is -4.10. The number of imidazole rings is 1. The molecule has 0 saturated carbocycles. The van der Waals surface area contributed by atoms with Gasteiger partial charge in [0.1, 0.15) is 0 Å². The van der Waals surface area contributed by atoms with E-state index in [2.05, 4.69) is 31.1 Å². The quantitative estimate of drug-likeness (QED) is 0.306. The lowest BCUT2D eigenvalue weighted by atomic mass is 10.1. The Kier molecular flexibility index (Phi) is 7.09. The maximum atomic E-state index is 14.7. The molecular weight excluding hydrogens is 538 g/mol. The number of H-pyrrole nitrogens is 1. The molecule has 41 heavy (non-hydrogen) atoms. The Morgan fingerprint density at radius 1 is 1.10 bits per heavy atom. The molecule has 6 rings (SSSR count). The van der Waals surface area contributed by atoms with Gasteiger partial charge in [0, 0.05) is 31.0 Å². The molecule has 0 fully saturated rings. The summed E-state index contributed by atoms with van der Waals surface area (Å²) in [7, 11) is -4.10. The average Bonchev–Trinajstić information content (AvgIpc) is 3.64. The first-order chi connectivity index (χ1) is 19.9. The van der Waals surface area contributed by atoms with Crippen molar-refractivity contribution in [2.45, 2.75) is 37.4 Å². The second-order valence-corrected chi connectivity index (χ2v) is 11.8. The first kappa shape index (κ1) is 26.4. The van der Waals surface area contributed by atoms with Gasteiger partial charge in [-0.25, -0.2) is 13.4 Å². The third kappa shape index (κ3) is 5.35. The second-order valence-electron chi connectivity index (χ2n) is 9.93. The van der Waals surface area contributed by atoms with E-state index < -0.39 is 16.1 Å². The van der Waals surface area contributed by atoms with Crippen LogP contribution in [0.15, 0.2) is 94.7 Å². The van der Waals surface area contributed by atoms with E-state index in [1.54, 1.807) is 54.0 Å². The summed E-state index contributed by atoms with van der Waals surface area (Å²) in [6, 6.07) is 23.7. The molecule has 0 aliphatic carbocycles. The zero-order valence-electron chi connectivity index (χ0n) is 22.3. The number of fused-ring (bicyclic) bond motifs is 1. The van der Waals surface area contributed by atoms with Crippen LogP contribution in [-0.4, -0.2) is 45.4 Å². The molecule has 206 valence electrons. The van der Waals surface area contributed by atoms with E-state index in [0.717, 1.165) is 22.5 Å². The molecule has 10 nitrogen and oxygen atoms in total. The molecule has 1 aliphatic rings. The molecule has 3 heterocycles. The molecule has 2 aromatic heterocycles. The van der Waals surface area contributed by atoms with Gasteiger partial charge < -0.3 is 14.4 Å². The fourth-order valence-electron chi connectivity index (χ4n) is 5.29. The van der Waals surface area contributed by atoms with Gasteiger partial charge in [-0.2, -0.15) is 14.6 Å². The highest BCUT2D eigenvalue weighted by Gasteiger charge is 2.38. The van der Waals surface area contributed by atoms with Crippen LogP contribution in [0.1, 0.15) is 28.2 Å². The van der Waals surface area contributed by atoms with Gasteiger partial charge in [-0.05, 0) is 54.8 Å². The average molecular weight is 566 g/mol. The van der Waals surface area contributed by atoms with Crippen molar-refractivity contribution in [3.8, 4) is 17.5 Å². The van der Waals surface area contributed by atoms with Gasteiger partial charge in [-0.3, -0.25) is 0 Å². The van der Waals surface area contributed by atoms with Crippen LogP contribution < -0.4 is 4.90 Å². The maximum absolute atomic E-state index is 14.7. The summed E-state index contributed by atoms with van der Waals surface area (Å²) in [5.41, 5.74) is 4.25. The Bertz CT molecular complexity index is 1810. The van der Waals surface area contributed by atoms with Crippen LogP contribution in [0.25, 0.3) is 11.5 Å². The number of anilines is 1. The lowest BCUT2D eigenvalue weighted by Gasteiger charge is -2.32. The largest absolute Gasteiger partial charge is 0.364 e. The normalized spacial score (nSPS) is 15.7. The van der Waals surface area contributed by atoms with Crippen molar-refractivity contribution in [3.05, 3.63) is 114 Å². The predicted molar refractivity (Wildman–Crippen MR) is 152 cm³/mol. The van der Waals surface area contributed by atoms with Crippen molar-refractivity contribution in [1.82, 2.24) is 24.4 Å². The van der Waals surface area contributed by atoms with E-state index in [9.17, 15) is 13.7 Å².